The van der Waals surface area contributed by atoms with Gasteiger partial charge in [-0.1, -0.05) is 64.3 Å². The molecule has 0 aliphatic heterocycles. The highest BCUT2D eigenvalue weighted by Gasteiger charge is 2.33. The first kappa shape index (κ1) is 29.7. The lowest BCUT2D eigenvalue weighted by Crippen LogP contribution is -2.52. The van der Waals surface area contributed by atoms with Crippen molar-refractivity contribution in [2.75, 3.05) is 17.4 Å². The van der Waals surface area contributed by atoms with Crippen LogP contribution in [0.4, 0.5) is 5.69 Å². The average molecular weight is 621 g/mol. The maximum atomic E-state index is 13.9. The second-order valence-corrected chi connectivity index (χ2v) is 12.0. The van der Waals surface area contributed by atoms with Crippen LogP contribution in [0.1, 0.15) is 31.4 Å². The number of hydrogen-bond donors (Lipinski definition) is 1. The maximum Gasteiger partial charge on any atom is 0.264 e. The lowest BCUT2D eigenvalue weighted by atomic mass is 10.1. The number of nitrogens with zero attached hydrogens (tertiary/aromatic N) is 2. The second-order valence-electron chi connectivity index (χ2n) is 8.77. The van der Waals surface area contributed by atoms with Crippen molar-refractivity contribution in [3.05, 3.63) is 93.4 Å². The molecule has 1 N–H and O–H groups in total. The van der Waals surface area contributed by atoms with Crippen LogP contribution in [0, 0.1) is 6.92 Å². The van der Waals surface area contributed by atoms with Crippen LogP contribution in [-0.2, 0) is 26.2 Å². The van der Waals surface area contributed by atoms with Crippen molar-refractivity contribution in [2.24, 2.45) is 0 Å². The fraction of sp³-hybridized carbons (Fsp3) is 0.286. The Morgan fingerprint density at radius 2 is 1.55 bits per heavy atom. The molecule has 0 radical (unpaired) electrons. The number of carbonyl (C=O) groups is 2. The number of aryl methyl sites for hydroxylation is 1. The molecular weight excluding hydrogens is 590 g/mol. The van der Waals surface area contributed by atoms with Gasteiger partial charge in [0.2, 0.25) is 11.8 Å². The lowest BCUT2D eigenvalue weighted by Gasteiger charge is -2.33. The first-order chi connectivity index (χ1) is 18.1. The van der Waals surface area contributed by atoms with Gasteiger partial charge in [-0.25, -0.2) is 8.42 Å². The number of anilines is 1. The quantitative estimate of drug-likeness (QED) is 0.305. The number of amides is 2. The number of benzene rings is 3. The molecule has 38 heavy (non-hydrogen) atoms. The van der Waals surface area contributed by atoms with E-state index in [1.807, 2.05) is 13.8 Å². The molecule has 0 aromatic heterocycles. The van der Waals surface area contributed by atoms with E-state index in [1.54, 1.807) is 67.6 Å². The molecule has 0 saturated heterocycles. The Morgan fingerprint density at radius 1 is 0.947 bits per heavy atom. The highest BCUT2D eigenvalue weighted by molar-refractivity contribution is 9.10. The maximum absolute atomic E-state index is 13.9. The van der Waals surface area contributed by atoms with Crippen LogP contribution in [-0.4, -0.2) is 44.3 Å². The Kier molecular flexibility index (Phi) is 10.4. The Balaban J connectivity index is 2.04. The molecule has 7 nitrogen and oxygen atoms in total. The van der Waals surface area contributed by atoms with Gasteiger partial charge in [-0.15, -0.1) is 0 Å². The fourth-order valence-corrected chi connectivity index (χ4v) is 5.78. The molecule has 0 bridgehead atoms. The van der Waals surface area contributed by atoms with Crippen LogP contribution < -0.4 is 9.62 Å². The van der Waals surface area contributed by atoms with E-state index in [2.05, 4.69) is 21.2 Å². The van der Waals surface area contributed by atoms with Gasteiger partial charge in [0, 0.05) is 22.6 Å². The Morgan fingerprint density at radius 3 is 2.11 bits per heavy atom. The first-order valence-corrected chi connectivity index (χ1v) is 14.8. The van der Waals surface area contributed by atoms with Crippen molar-refractivity contribution in [1.29, 1.82) is 0 Å². The van der Waals surface area contributed by atoms with Crippen molar-refractivity contribution in [2.45, 2.75) is 44.7 Å². The molecule has 0 aliphatic rings. The highest BCUT2D eigenvalue weighted by atomic mass is 79.9. The summed E-state index contributed by atoms with van der Waals surface area (Å²) >= 11 is 9.41. The molecule has 0 spiro atoms. The summed E-state index contributed by atoms with van der Waals surface area (Å²) in [4.78, 5) is 28.4. The van der Waals surface area contributed by atoms with Crippen molar-refractivity contribution in [1.82, 2.24) is 10.2 Å². The zero-order valence-corrected chi connectivity index (χ0v) is 24.7. The van der Waals surface area contributed by atoms with Crippen molar-refractivity contribution < 1.29 is 18.0 Å². The SMILES string of the molecule is CCNC(=O)[C@@H](CC)N(Cc1ccc(Cl)cc1)C(=O)CN(c1ccc(Br)cc1)S(=O)(=O)c1ccc(C)cc1. The standard InChI is InChI=1S/C28H31BrClN3O4S/c1-4-26(28(35)31-5-2)32(18-21-8-12-23(30)13-9-21)27(34)19-33(24-14-10-22(29)11-15-24)38(36,37)25-16-6-20(3)7-17-25/h6-17,26H,4-5,18-19H2,1-3H3,(H,31,35)/t26-/m1/s1. The van der Waals surface area contributed by atoms with Crippen molar-refractivity contribution in [3.8, 4) is 0 Å². The van der Waals surface area contributed by atoms with Gasteiger partial charge >= 0.3 is 0 Å². The van der Waals surface area contributed by atoms with Gasteiger partial charge in [0.25, 0.3) is 10.0 Å². The van der Waals surface area contributed by atoms with Gasteiger partial charge in [-0.2, -0.15) is 0 Å². The minimum atomic E-state index is -4.10. The summed E-state index contributed by atoms with van der Waals surface area (Å²) in [5.74, 6) is -0.800. The minimum absolute atomic E-state index is 0.0684. The van der Waals surface area contributed by atoms with Gasteiger partial charge in [-0.3, -0.25) is 13.9 Å². The van der Waals surface area contributed by atoms with E-state index in [4.69, 9.17) is 11.6 Å². The third-order valence-corrected chi connectivity index (χ3v) is 8.57. The van der Waals surface area contributed by atoms with E-state index < -0.39 is 28.5 Å². The molecule has 3 aromatic carbocycles. The van der Waals surface area contributed by atoms with Gasteiger partial charge in [0.15, 0.2) is 0 Å². The second kappa shape index (κ2) is 13.3. The molecule has 10 heteroatoms. The third kappa shape index (κ3) is 7.36. The summed E-state index contributed by atoms with van der Waals surface area (Å²) in [7, 11) is -4.10. The molecule has 2 amide bonds. The van der Waals surface area contributed by atoms with E-state index in [0.717, 1.165) is 19.9 Å². The number of rotatable bonds is 11. The van der Waals surface area contributed by atoms with Gasteiger partial charge in [0.1, 0.15) is 12.6 Å². The van der Waals surface area contributed by atoms with Gasteiger partial charge in [0.05, 0.1) is 10.6 Å². The number of likely N-dealkylation sites (N-methyl/N-ethyl adjacent to an activating group) is 1. The highest BCUT2D eigenvalue weighted by Crippen LogP contribution is 2.26. The number of carbonyl (C=O) groups excluding carboxylic acids is 2. The number of nitrogens with one attached hydrogen (secondary N) is 1. The Bertz CT molecular complexity index is 1350. The van der Waals surface area contributed by atoms with E-state index in [1.165, 1.54) is 17.0 Å². The average Bonchev–Trinajstić information content (AvgIpc) is 2.89. The zero-order valence-electron chi connectivity index (χ0n) is 21.5. The number of halogens is 2. The number of hydrogen-bond acceptors (Lipinski definition) is 4. The number of sulfonamides is 1. The summed E-state index contributed by atoms with van der Waals surface area (Å²) in [6.07, 6.45) is 0.355. The predicted molar refractivity (Wildman–Crippen MR) is 155 cm³/mol. The Labute approximate surface area is 238 Å². The van der Waals surface area contributed by atoms with E-state index in [-0.39, 0.29) is 17.3 Å². The lowest BCUT2D eigenvalue weighted by molar-refractivity contribution is -0.140. The molecule has 0 heterocycles. The van der Waals surface area contributed by atoms with E-state index in [9.17, 15) is 18.0 Å². The van der Waals surface area contributed by atoms with Gasteiger partial charge in [-0.05, 0) is 74.4 Å². The van der Waals surface area contributed by atoms with Crippen LogP contribution in [0.2, 0.25) is 5.02 Å². The molecule has 3 aromatic rings. The monoisotopic (exact) mass is 619 g/mol. The van der Waals surface area contributed by atoms with Crippen LogP contribution in [0.15, 0.2) is 82.2 Å². The molecule has 0 unspecified atom stereocenters. The summed E-state index contributed by atoms with van der Waals surface area (Å²) in [5, 5.41) is 3.34. The first-order valence-electron chi connectivity index (χ1n) is 12.2. The molecule has 0 fully saturated rings. The molecule has 0 aliphatic carbocycles. The van der Waals surface area contributed by atoms with Gasteiger partial charge < -0.3 is 10.2 Å². The molecule has 202 valence electrons. The molecule has 0 saturated carbocycles. The Hall–Kier alpha value is -2.88. The largest absolute Gasteiger partial charge is 0.355 e. The van der Waals surface area contributed by atoms with Crippen LogP contribution in [0.5, 0.6) is 0 Å². The summed E-state index contributed by atoms with van der Waals surface area (Å²) in [6.45, 7) is 5.53. The summed E-state index contributed by atoms with van der Waals surface area (Å²) in [5.41, 5.74) is 2.01. The zero-order chi connectivity index (χ0) is 27.9. The van der Waals surface area contributed by atoms with E-state index in [0.29, 0.717) is 23.7 Å². The normalized spacial score (nSPS) is 12.0. The summed E-state index contributed by atoms with van der Waals surface area (Å²) in [6, 6.07) is 19.4. The van der Waals surface area contributed by atoms with Crippen LogP contribution in [0.3, 0.4) is 0 Å². The minimum Gasteiger partial charge on any atom is -0.355 e. The molecule has 3 rings (SSSR count). The topological polar surface area (TPSA) is 86.8 Å². The molecular formula is C28H31BrClN3O4S. The van der Waals surface area contributed by atoms with Crippen LogP contribution in [0.25, 0.3) is 0 Å². The van der Waals surface area contributed by atoms with E-state index >= 15 is 0 Å². The van der Waals surface area contributed by atoms with Crippen LogP contribution >= 0.6 is 27.5 Å². The third-order valence-electron chi connectivity index (χ3n) is 6.01. The van der Waals surface area contributed by atoms with Crippen molar-refractivity contribution >= 4 is 55.1 Å². The smallest absolute Gasteiger partial charge is 0.264 e. The molecule has 1 atom stereocenters. The summed E-state index contributed by atoms with van der Waals surface area (Å²) < 4.78 is 29.5. The fourth-order valence-electron chi connectivity index (χ4n) is 3.97. The predicted octanol–water partition coefficient (Wildman–Crippen LogP) is 5.55. The van der Waals surface area contributed by atoms with Crippen molar-refractivity contribution in [3.63, 3.8) is 0 Å².